The summed E-state index contributed by atoms with van der Waals surface area (Å²) in [5.74, 6) is 0.847. The molecule has 2 amide bonds. The molecule has 0 aliphatic rings. The quantitative estimate of drug-likeness (QED) is 0.418. The Morgan fingerprint density at radius 1 is 0.886 bits per heavy atom. The number of carbonyl (C=O) groups is 2. The van der Waals surface area contributed by atoms with Gasteiger partial charge >= 0.3 is 0 Å². The molecule has 184 valence electrons. The number of amides is 2. The lowest BCUT2D eigenvalue weighted by atomic mass is 10.0. The summed E-state index contributed by atoms with van der Waals surface area (Å²) in [7, 11) is 1.60. The van der Waals surface area contributed by atoms with E-state index in [4.69, 9.17) is 9.47 Å². The van der Waals surface area contributed by atoms with E-state index in [-0.39, 0.29) is 18.4 Å². The highest BCUT2D eigenvalue weighted by atomic mass is 16.5. The number of ether oxygens (including phenoxy) is 2. The van der Waals surface area contributed by atoms with Gasteiger partial charge in [0.1, 0.15) is 17.5 Å². The zero-order chi connectivity index (χ0) is 25.0. The molecule has 0 saturated carbocycles. The molecule has 3 aromatic carbocycles. The lowest BCUT2D eigenvalue weighted by Crippen LogP contribution is -2.51. The highest BCUT2D eigenvalue weighted by Crippen LogP contribution is 2.19. The topological polar surface area (TPSA) is 67.9 Å². The molecule has 0 heterocycles. The van der Waals surface area contributed by atoms with Crippen LogP contribution in [0, 0.1) is 6.92 Å². The SMILES string of the molecule is CCCNC(=O)[C@@H](Cc1ccccc1)N(Cc1ccc(C)cc1)C(=O)COc1ccc(OC)cc1. The number of aryl methyl sites for hydroxylation is 1. The van der Waals surface area contributed by atoms with Gasteiger partial charge in [-0.1, -0.05) is 67.1 Å². The predicted octanol–water partition coefficient (Wildman–Crippen LogP) is 4.55. The lowest BCUT2D eigenvalue weighted by Gasteiger charge is -2.31. The second-order valence-electron chi connectivity index (χ2n) is 8.47. The molecule has 0 spiro atoms. The summed E-state index contributed by atoms with van der Waals surface area (Å²) in [5.41, 5.74) is 3.08. The van der Waals surface area contributed by atoms with Crippen LogP contribution in [0.25, 0.3) is 0 Å². The van der Waals surface area contributed by atoms with Gasteiger partial charge < -0.3 is 19.7 Å². The molecule has 1 N–H and O–H groups in total. The Morgan fingerprint density at radius 3 is 2.17 bits per heavy atom. The fourth-order valence-corrected chi connectivity index (χ4v) is 3.71. The van der Waals surface area contributed by atoms with Gasteiger partial charge in [-0.25, -0.2) is 0 Å². The maximum atomic E-state index is 13.5. The molecule has 0 aliphatic carbocycles. The molecule has 0 saturated heterocycles. The maximum absolute atomic E-state index is 13.5. The number of methoxy groups -OCH3 is 1. The molecule has 0 unspecified atom stereocenters. The zero-order valence-electron chi connectivity index (χ0n) is 20.7. The summed E-state index contributed by atoms with van der Waals surface area (Å²) < 4.78 is 11.0. The number of nitrogens with one attached hydrogen (secondary N) is 1. The lowest BCUT2D eigenvalue weighted by molar-refractivity contribution is -0.142. The van der Waals surface area contributed by atoms with Crippen LogP contribution in [0.15, 0.2) is 78.9 Å². The first-order valence-corrected chi connectivity index (χ1v) is 11.9. The first kappa shape index (κ1) is 25.8. The van der Waals surface area contributed by atoms with Crippen LogP contribution >= 0.6 is 0 Å². The minimum atomic E-state index is -0.669. The zero-order valence-corrected chi connectivity index (χ0v) is 20.7. The van der Waals surface area contributed by atoms with Gasteiger partial charge in [-0.3, -0.25) is 9.59 Å². The van der Waals surface area contributed by atoms with Crippen LogP contribution in [0.1, 0.15) is 30.0 Å². The second kappa shape index (κ2) is 13.2. The van der Waals surface area contributed by atoms with E-state index in [2.05, 4.69) is 5.32 Å². The standard InChI is InChI=1S/C29H34N2O4/c1-4-18-30-29(33)27(19-23-8-6-5-7-9-23)31(20-24-12-10-22(2)11-13-24)28(32)21-35-26-16-14-25(34-3)15-17-26/h5-17,27H,4,18-21H2,1-3H3,(H,30,33)/t27-/m1/s1. The van der Waals surface area contributed by atoms with Gasteiger partial charge in [0.2, 0.25) is 5.91 Å². The molecule has 6 nitrogen and oxygen atoms in total. The highest BCUT2D eigenvalue weighted by molar-refractivity contribution is 5.88. The van der Waals surface area contributed by atoms with Gasteiger partial charge in [0.15, 0.2) is 6.61 Å². The second-order valence-corrected chi connectivity index (χ2v) is 8.47. The highest BCUT2D eigenvalue weighted by Gasteiger charge is 2.30. The van der Waals surface area contributed by atoms with Crippen LogP contribution in [-0.4, -0.2) is 43.0 Å². The summed E-state index contributed by atoms with van der Waals surface area (Å²) in [4.78, 5) is 28.4. The van der Waals surface area contributed by atoms with Crippen molar-refractivity contribution in [3.8, 4) is 11.5 Å². The van der Waals surface area contributed by atoms with Crippen molar-refractivity contribution in [3.05, 3.63) is 95.6 Å². The first-order valence-electron chi connectivity index (χ1n) is 11.9. The van der Waals surface area contributed by atoms with E-state index in [1.54, 1.807) is 36.3 Å². The third-order valence-electron chi connectivity index (χ3n) is 5.72. The summed E-state index contributed by atoms with van der Waals surface area (Å²) in [6.07, 6.45) is 1.23. The van der Waals surface area contributed by atoms with Crippen molar-refractivity contribution < 1.29 is 19.1 Å². The number of rotatable bonds is 12. The fraction of sp³-hybridized carbons (Fsp3) is 0.310. The van der Waals surface area contributed by atoms with E-state index in [0.29, 0.717) is 31.0 Å². The molecule has 0 aromatic heterocycles. The summed E-state index contributed by atoms with van der Waals surface area (Å²) in [5, 5.41) is 2.98. The number of hydrogen-bond donors (Lipinski definition) is 1. The average Bonchev–Trinajstić information content (AvgIpc) is 2.89. The van der Waals surface area contributed by atoms with E-state index in [1.807, 2.05) is 68.4 Å². The Bertz CT molecular complexity index is 1070. The number of hydrogen-bond acceptors (Lipinski definition) is 4. The molecule has 1 atom stereocenters. The van der Waals surface area contributed by atoms with Crippen LogP contribution < -0.4 is 14.8 Å². The minimum absolute atomic E-state index is 0.166. The van der Waals surface area contributed by atoms with Crippen LogP contribution in [0.2, 0.25) is 0 Å². The minimum Gasteiger partial charge on any atom is -0.497 e. The van der Waals surface area contributed by atoms with Gasteiger partial charge in [0.05, 0.1) is 7.11 Å². The number of nitrogens with zero attached hydrogens (tertiary/aromatic N) is 1. The molecule has 0 bridgehead atoms. The van der Waals surface area contributed by atoms with Crippen molar-refractivity contribution >= 4 is 11.8 Å². The molecule has 35 heavy (non-hydrogen) atoms. The molecule has 0 fully saturated rings. The summed E-state index contributed by atoms with van der Waals surface area (Å²) in [6.45, 7) is 4.71. The molecule has 6 heteroatoms. The Balaban J connectivity index is 1.86. The van der Waals surface area contributed by atoms with E-state index < -0.39 is 6.04 Å². The van der Waals surface area contributed by atoms with Gasteiger partial charge in [-0.2, -0.15) is 0 Å². The summed E-state index contributed by atoms with van der Waals surface area (Å²) >= 11 is 0. The van der Waals surface area contributed by atoms with Crippen molar-refractivity contribution in [3.63, 3.8) is 0 Å². The fourth-order valence-electron chi connectivity index (χ4n) is 3.71. The number of carbonyl (C=O) groups excluding carboxylic acids is 2. The normalized spacial score (nSPS) is 11.4. The smallest absolute Gasteiger partial charge is 0.261 e. The molecule has 0 aliphatic heterocycles. The van der Waals surface area contributed by atoms with Crippen molar-refractivity contribution in [2.75, 3.05) is 20.3 Å². The molecule has 3 rings (SSSR count). The maximum Gasteiger partial charge on any atom is 0.261 e. The Hall–Kier alpha value is -3.80. The van der Waals surface area contributed by atoms with E-state index >= 15 is 0 Å². The van der Waals surface area contributed by atoms with Gasteiger partial charge in [-0.15, -0.1) is 0 Å². The Kier molecular flexibility index (Phi) is 9.72. The van der Waals surface area contributed by atoms with E-state index in [0.717, 1.165) is 23.1 Å². The third-order valence-corrected chi connectivity index (χ3v) is 5.72. The largest absolute Gasteiger partial charge is 0.497 e. The van der Waals surface area contributed by atoms with Gasteiger partial charge in [0, 0.05) is 19.5 Å². The third kappa shape index (κ3) is 7.88. The van der Waals surface area contributed by atoms with Crippen LogP contribution in [-0.2, 0) is 22.6 Å². The summed E-state index contributed by atoms with van der Waals surface area (Å²) in [6, 6.07) is 24.2. The first-order chi connectivity index (χ1) is 17.0. The Morgan fingerprint density at radius 2 is 1.54 bits per heavy atom. The van der Waals surface area contributed by atoms with Crippen LogP contribution in [0.5, 0.6) is 11.5 Å². The monoisotopic (exact) mass is 474 g/mol. The van der Waals surface area contributed by atoms with Crippen LogP contribution in [0.3, 0.4) is 0 Å². The van der Waals surface area contributed by atoms with Crippen molar-refractivity contribution in [1.29, 1.82) is 0 Å². The molecule has 3 aromatic rings. The van der Waals surface area contributed by atoms with E-state index in [1.165, 1.54) is 0 Å². The van der Waals surface area contributed by atoms with E-state index in [9.17, 15) is 9.59 Å². The average molecular weight is 475 g/mol. The van der Waals surface area contributed by atoms with Crippen molar-refractivity contribution in [2.24, 2.45) is 0 Å². The van der Waals surface area contributed by atoms with Gasteiger partial charge in [0.25, 0.3) is 5.91 Å². The van der Waals surface area contributed by atoms with Gasteiger partial charge in [-0.05, 0) is 48.7 Å². The van der Waals surface area contributed by atoms with Crippen molar-refractivity contribution in [2.45, 2.75) is 39.3 Å². The molecular formula is C29H34N2O4. The number of benzene rings is 3. The predicted molar refractivity (Wildman–Crippen MR) is 137 cm³/mol. The Labute approximate surface area is 207 Å². The molecular weight excluding hydrogens is 440 g/mol. The molecule has 0 radical (unpaired) electrons. The van der Waals surface area contributed by atoms with Crippen molar-refractivity contribution in [1.82, 2.24) is 10.2 Å². The van der Waals surface area contributed by atoms with Crippen LogP contribution in [0.4, 0.5) is 0 Å².